The lowest BCUT2D eigenvalue weighted by Crippen LogP contribution is -2.52. The van der Waals surface area contributed by atoms with Crippen LogP contribution in [0, 0.1) is 0 Å². The van der Waals surface area contributed by atoms with Gasteiger partial charge in [-0.2, -0.15) is 4.31 Å². The topological polar surface area (TPSA) is 52.7 Å². The van der Waals surface area contributed by atoms with Crippen molar-refractivity contribution >= 4 is 44.8 Å². The van der Waals surface area contributed by atoms with Gasteiger partial charge >= 0.3 is 0 Å². The molecule has 0 amide bonds. The summed E-state index contributed by atoms with van der Waals surface area (Å²) in [6.45, 7) is 4.31. The van der Waals surface area contributed by atoms with Crippen LogP contribution in [0.15, 0.2) is 17.0 Å². The minimum Gasteiger partial charge on any atom is -0.315 e. The van der Waals surface area contributed by atoms with Crippen LogP contribution in [0.2, 0.25) is 15.1 Å². The molecule has 1 atom stereocenters. The first-order valence-corrected chi connectivity index (χ1v) is 10.1. The van der Waals surface area contributed by atoms with Gasteiger partial charge in [-0.1, -0.05) is 34.8 Å². The Morgan fingerprint density at radius 1 is 1.04 bits per heavy atom. The molecule has 0 aliphatic carbocycles. The summed E-state index contributed by atoms with van der Waals surface area (Å²) in [6, 6.07) is 3.31. The van der Waals surface area contributed by atoms with E-state index in [-0.39, 0.29) is 14.9 Å². The summed E-state index contributed by atoms with van der Waals surface area (Å²) in [6.07, 6.45) is 1.11. The van der Waals surface area contributed by atoms with E-state index < -0.39 is 10.0 Å². The molecule has 1 aromatic rings. The number of nitrogens with one attached hydrogen (secondary N) is 1. The average Bonchev–Trinajstić information content (AvgIpc) is 3.00. The highest BCUT2D eigenvalue weighted by molar-refractivity contribution is 7.89. The summed E-state index contributed by atoms with van der Waals surface area (Å²) in [5.74, 6) is 0. The molecule has 2 aliphatic heterocycles. The van der Waals surface area contributed by atoms with Crippen molar-refractivity contribution in [2.75, 3.05) is 39.3 Å². The fourth-order valence-electron chi connectivity index (χ4n) is 3.16. The summed E-state index contributed by atoms with van der Waals surface area (Å²) < 4.78 is 27.2. The zero-order valence-electron chi connectivity index (χ0n) is 12.4. The molecule has 0 radical (unpaired) electrons. The van der Waals surface area contributed by atoms with Gasteiger partial charge in [0.25, 0.3) is 0 Å². The SMILES string of the molecule is O=S(=O)(c1c(Cl)cc(Cl)cc1Cl)N1CCN(C2CCNC2)CC1. The van der Waals surface area contributed by atoms with Gasteiger partial charge in [0.2, 0.25) is 10.0 Å². The molecule has 23 heavy (non-hydrogen) atoms. The fourth-order valence-corrected chi connectivity index (χ4v) is 6.08. The van der Waals surface area contributed by atoms with Crippen LogP contribution in [0.3, 0.4) is 0 Å². The highest BCUT2D eigenvalue weighted by Gasteiger charge is 2.34. The maximum atomic E-state index is 12.9. The maximum Gasteiger partial charge on any atom is 0.246 e. The second-order valence-electron chi connectivity index (χ2n) is 5.79. The molecular weight excluding hydrogens is 381 g/mol. The number of halogens is 3. The summed E-state index contributed by atoms with van der Waals surface area (Å²) in [4.78, 5) is 2.29. The number of benzene rings is 1. The first-order chi connectivity index (χ1) is 10.9. The summed E-state index contributed by atoms with van der Waals surface area (Å²) >= 11 is 18.0. The van der Waals surface area contributed by atoms with Crippen LogP contribution in [0.5, 0.6) is 0 Å². The molecule has 5 nitrogen and oxygen atoms in total. The van der Waals surface area contributed by atoms with E-state index in [2.05, 4.69) is 10.2 Å². The zero-order chi connectivity index (χ0) is 16.6. The second kappa shape index (κ2) is 7.04. The Labute approximate surface area is 151 Å². The van der Waals surface area contributed by atoms with Gasteiger partial charge in [0, 0.05) is 43.8 Å². The first kappa shape index (κ1) is 17.7. The van der Waals surface area contributed by atoms with Gasteiger partial charge in [0.15, 0.2) is 0 Å². The number of hydrogen-bond acceptors (Lipinski definition) is 4. The normalized spacial score (nSPS) is 24.2. The Kier molecular flexibility index (Phi) is 5.43. The van der Waals surface area contributed by atoms with Gasteiger partial charge < -0.3 is 5.32 Å². The molecule has 1 aromatic carbocycles. The van der Waals surface area contributed by atoms with Crippen LogP contribution in [-0.4, -0.2) is 62.9 Å². The number of nitrogens with zero attached hydrogens (tertiary/aromatic N) is 2. The van der Waals surface area contributed by atoms with E-state index in [0.29, 0.717) is 37.2 Å². The predicted molar refractivity (Wildman–Crippen MR) is 93.1 cm³/mol. The smallest absolute Gasteiger partial charge is 0.246 e. The predicted octanol–water partition coefficient (Wildman–Crippen LogP) is 2.32. The van der Waals surface area contributed by atoms with Gasteiger partial charge in [0.05, 0.1) is 10.0 Å². The van der Waals surface area contributed by atoms with Gasteiger partial charge in [0.1, 0.15) is 4.90 Å². The average molecular weight is 399 g/mol. The largest absolute Gasteiger partial charge is 0.315 e. The Morgan fingerprint density at radius 3 is 2.17 bits per heavy atom. The Bertz CT molecular complexity index is 662. The summed E-state index contributed by atoms with van der Waals surface area (Å²) in [5.41, 5.74) is 0. The highest BCUT2D eigenvalue weighted by atomic mass is 35.5. The molecule has 9 heteroatoms. The van der Waals surface area contributed by atoms with Crippen molar-refractivity contribution in [3.63, 3.8) is 0 Å². The Morgan fingerprint density at radius 2 is 1.65 bits per heavy atom. The number of sulfonamides is 1. The number of hydrogen-bond donors (Lipinski definition) is 1. The van der Waals surface area contributed by atoms with E-state index in [1.54, 1.807) is 0 Å². The molecule has 1 N–H and O–H groups in total. The van der Waals surface area contributed by atoms with Crippen LogP contribution in [0.1, 0.15) is 6.42 Å². The van der Waals surface area contributed by atoms with Crippen molar-refractivity contribution in [3.05, 3.63) is 27.2 Å². The van der Waals surface area contributed by atoms with Gasteiger partial charge in [-0.25, -0.2) is 8.42 Å². The molecule has 3 rings (SSSR count). The fraction of sp³-hybridized carbons (Fsp3) is 0.571. The third kappa shape index (κ3) is 3.63. The molecule has 2 fully saturated rings. The van der Waals surface area contributed by atoms with E-state index in [1.807, 2.05) is 0 Å². The van der Waals surface area contributed by atoms with E-state index in [0.717, 1.165) is 19.5 Å². The first-order valence-electron chi connectivity index (χ1n) is 7.49. The molecule has 0 saturated carbocycles. The van der Waals surface area contributed by atoms with E-state index in [4.69, 9.17) is 34.8 Å². The van der Waals surface area contributed by atoms with Gasteiger partial charge in [-0.3, -0.25) is 4.90 Å². The number of rotatable bonds is 3. The van der Waals surface area contributed by atoms with Gasteiger partial charge in [-0.05, 0) is 25.1 Å². The molecule has 2 saturated heterocycles. The third-order valence-corrected chi connectivity index (χ3v) is 7.42. The molecule has 0 spiro atoms. The van der Waals surface area contributed by atoms with Crippen molar-refractivity contribution in [1.29, 1.82) is 0 Å². The van der Waals surface area contributed by atoms with Crippen molar-refractivity contribution in [2.45, 2.75) is 17.4 Å². The highest BCUT2D eigenvalue weighted by Crippen LogP contribution is 2.35. The molecule has 128 valence electrons. The van der Waals surface area contributed by atoms with E-state index >= 15 is 0 Å². The minimum atomic E-state index is -3.72. The molecule has 0 aromatic heterocycles. The van der Waals surface area contributed by atoms with Crippen molar-refractivity contribution < 1.29 is 8.42 Å². The molecule has 0 bridgehead atoms. The molecule has 1 unspecified atom stereocenters. The lowest BCUT2D eigenvalue weighted by molar-refractivity contribution is 0.145. The van der Waals surface area contributed by atoms with Crippen LogP contribution in [0.25, 0.3) is 0 Å². The standard InChI is InChI=1S/C14H18Cl3N3O2S/c15-10-7-12(16)14(13(17)8-10)23(21,22)20-5-3-19(4-6-20)11-1-2-18-9-11/h7-8,11,18H,1-6,9H2. The molecule has 2 heterocycles. The van der Waals surface area contributed by atoms with Crippen LogP contribution < -0.4 is 5.32 Å². The van der Waals surface area contributed by atoms with Crippen molar-refractivity contribution in [3.8, 4) is 0 Å². The maximum absolute atomic E-state index is 12.9. The Hall–Kier alpha value is -0.0800. The minimum absolute atomic E-state index is 0.0544. The van der Waals surface area contributed by atoms with Crippen LogP contribution in [-0.2, 0) is 10.0 Å². The summed E-state index contributed by atoms with van der Waals surface area (Å²) in [7, 11) is -3.72. The second-order valence-corrected chi connectivity index (χ2v) is 8.91. The monoisotopic (exact) mass is 397 g/mol. The summed E-state index contributed by atoms with van der Waals surface area (Å²) in [5, 5.41) is 3.77. The lowest BCUT2D eigenvalue weighted by atomic mass is 10.2. The lowest BCUT2D eigenvalue weighted by Gasteiger charge is -2.37. The molecule has 2 aliphatic rings. The van der Waals surface area contributed by atoms with Crippen LogP contribution >= 0.6 is 34.8 Å². The van der Waals surface area contributed by atoms with Gasteiger partial charge in [-0.15, -0.1) is 0 Å². The van der Waals surface area contributed by atoms with Crippen molar-refractivity contribution in [1.82, 2.24) is 14.5 Å². The Balaban J connectivity index is 1.77. The van der Waals surface area contributed by atoms with E-state index in [1.165, 1.54) is 16.4 Å². The zero-order valence-corrected chi connectivity index (χ0v) is 15.5. The quantitative estimate of drug-likeness (QED) is 0.849. The van der Waals surface area contributed by atoms with Crippen LogP contribution in [0.4, 0.5) is 0 Å². The van der Waals surface area contributed by atoms with Crippen molar-refractivity contribution in [2.24, 2.45) is 0 Å². The number of piperazine rings is 1. The molecular formula is C14H18Cl3N3O2S. The third-order valence-electron chi connectivity index (χ3n) is 4.38. The van der Waals surface area contributed by atoms with E-state index in [9.17, 15) is 8.42 Å².